The average molecular weight is 574 g/mol. The number of nitrogens with zero attached hydrogens (tertiary/aromatic N) is 4. The molecule has 180 valence electrons. The molecule has 1 aliphatic heterocycles. The van der Waals surface area contributed by atoms with Gasteiger partial charge in [0.25, 0.3) is 0 Å². The molecule has 9 heteroatoms. The number of amides is 2. The topological polar surface area (TPSA) is 89.9 Å². The highest BCUT2D eigenvalue weighted by molar-refractivity contribution is 14.0. The van der Waals surface area contributed by atoms with Crippen LogP contribution in [0.4, 0.5) is 5.82 Å². The molecular weight excluding hydrogens is 543 g/mol. The number of benzene rings is 1. The number of guanidine groups is 1. The maximum Gasteiger partial charge on any atom is 0.233 e. The molecule has 2 aliphatic carbocycles. The quantitative estimate of drug-likeness (QED) is 0.181. The Morgan fingerprint density at radius 1 is 1.12 bits per heavy atom. The minimum atomic E-state index is -0.143. The fraction of sp³-hybridized carbons (Fsp3) is 0.440. The number of carbonyl (C=O) groups excluding carboxylic acids is 2. The van der Waals surface area contributed by atoms with Gasteiger partial charge in [0.1, 0.15) is 5.82 Å². The van der Waals surface area contributed by atoms with Gasteiger partial charge in [-0.2, -0.15) is 0 Å². The molecule has 1 aromatic carbocycles. The van der Waals surface area contributed by atoms with E-state index >= 15 is 0 Å². The number of rotatable bonds is 6. The predicted molar refractivity (Wildman–Crippen MR) is 144 cm³/mol. The first-order valence-electron chi connectivity index (χ1n) is 11.5. The van der Waals surface area contributed by atoms with Gasteiger partial charge in [0.05, 0.1) is 17.4 Å². The van der Waals surface area contributed by atoms with E-state index in [2.05, 4.69) is 39.9 Å². The number of hydrogen-bond donors (Lipinski definition) is 2. The molecule has 0 radical (unpaired) electrons. The van der Waals surface area contributed by atoms with E-state index in [9.17, 15) is 9.59 Å². The van der Waals surface area contributed by atoms with Crippen molar-refractivity contribution in [3.05, 3.63) is 48.0 Å². The van der Waals surface area contributed by atoms with Crippen LogP contribution in [0.2, 0.25) is 0 Å². The van der Waals surface area contributed by atoms with Crippen molar-refractivity contribution in [3.8, 4) is 0 Å². The van der Waals surface area contributed by atoms with E-state index in [4.69, 9.17) is 4.98 Å². The summed E-state index contributed by atoms with van der Waals surface area (Å²) in [6, 6.07) is 10.2. The van der Waals surface area contributed by atoms with Crippen molar-refractivity contribution in [1.82, 2.24) is 20.5 Å². The van der Waals surface area contributed by atoms with E-state index in [0.29, 0.717) is 25.6 Å². The van der Waals surface area contributed by atoms with E-state index in [1.807, 2.05) is 37.2 Å². The monoisotopic (exact) mass is 574 g/mol. The van der Waals surface area contributed by atoms with Crippen LogP contribution >= 0.6 is 24.0 Å². The summed E-state index contributed by atoms with van der Waals surface area (Å²) in [6.45, 7) is 1.39. The first-order chi connectivity index (χ1) is 16.0. The number of pyridine rings is 1. The standard InChI is InChI=1S/C25H30N6O2.HI/c1-26-25(28-14-17-13-20(30(2)3)29-19-7-5-4-6-18(17)19)27-10-11-31-23(32)21-15-8-9-16(12-15)22(21)24(31)33;/h4-9,13,15-16,21-22H,10-12,14H2,1-3H3,(H2,26,27,28);1H. The molecule has 8 nitrogen and oxygen atoms in total. The fourth-order valence-corrected chi connectivity index (χ4v) is 5.48. The Morgan fingerprint density at radius 2 is 1.79 bits per heavy atom. The molecule has 3 aliphatic rings. The molecule has 2 fully saturated rings. The Kier molecular flexibility index (Phi) is 7.11. The van der Waals surface area contributed by atoms with Gasteiger partial charge in [-0.05, 0) is 36.0 Å². The van der Waals surface area contributed by atoms with Gasteiger partial charge in [-0.25, -0.2) is 4.98 Å². The number of hydrogen-bond acceptors (Lipinski definition) is 5. The van der Waals surface area contributed by atoms with Crippen molar-refractivity contribution in [2.24, 2.45) is 28.7 Å². The van der Waals surface area contributed by atoms with Crippen LogP contribution in [0, 0.1) is 23.7 Å². The maximum absolute atomic E-state index is 12.8. The number of imide groups is 1. The zero-order chi connectivity index (χ0) is 23.1. The molecule has 2 N–H and O–H groups in total. The van der Waals surface area contributed by atoms with Gasteiger partial charge in [0.15, 0.2) is 5.96 Å². The Labute approximate surface area is 216 Å². The van der Waals surface area contributed by atoms with Crippen molar-refractivity contribution < 1.29 is 9.59 Å². The number of halogens is 1. The van der Waals surface area contributed by atoms with Crippen LogP contribution in [0.25, 0.3) is 10.9 Å². The Bertz CT molecular complexity index is 1130. The lowest BCUT2D eigenvalue weighted by Gasteiger charge is -2.19. The number of nitrogens with one attached hydrogen (secondary N) is 2. The zero-order valence-corrected chi connectivity index (χ0v) is 22.0. The lowest BCUT2D eigenvalue weighted by molar-refractivity contribution is -0.140. The van der Waals surface area contributed by atoms with Crippen LogP contribution in [-0.4, -0.2) is 61.9 Å². The van der Waals surface area contributed by atoms with E-state index in [-0.39, 0.29) is 59.5 Å². The number of fused-ring (bicyclic) bond motifs is 6. The average Bonchev–Trinajstić information content (AvgIpc) is 3.50. The van der Waals surface area contributed by atoms with Crippen LogP contribution in [0.15, 0.2) is 47.5 Å². The van der Waals surface area contributed by atoms with Crippen molar-refractivity contribution in [3.63, 3.8) is 0 Å². The van der Waals surface area contributed by atoms with E-state index in [1.54, 1.807) is 7.05 Å². The molecule has 1 saturated carbocycles. The number of likely N-dealkylation sites (tertiary alicyclic amines) is 1. The molecule has 5 rings (SSSR count). The lowest BCUT2D eigenvalue weighted by Crippen LogP contribution is -2.43. The third-order valence-corrected chi connectivity index (χ3v) is 7.11. The minimum absolute atomic E-state index is 0. The Morgan fingerprint density at radius 3 is 2.44 bits per heavy atom. The maximum atomic E-state index is 12.8. The first-order valence-corrected chi connectivity index (χ1v) is 11.5. The smallest absolute Gasteiger partial charge is 0.233 e. The van der Waals surface area contributed by atoms with Gasteiger partial charge in [-0.15, -0.1) is 24.0 Å². The molecular formula is C25H31IN6O2. The molecule has 1 saturated heterocycles. The van der Waals surface area contributed by atoms with Gasteiger partial charge in [0, 0.05) is 46.2 Å². The number of allylic oxidation sites excluding steroid dienone is 2. The van der Waals surface area contributed by atoms with Crippen molar-refractivity contribution in [2.45, 2.75) is 13.0 Å². The van der Waals surface area contributed by atoms with Gasteiger partial charge in [-0.3, -0.25) is 19.5 Å². The van der Waals surface area contributed by atoms with Crippen molar-refractivity contribution >= 4 is 58.5 Å². The molecule has 2 aromatic rings. The molecule has 0 spiro atoms. The number of aromatic nitrogens is 1. The van der Waals surface area contributed by atoms with Crippen LogP contribution in [0.3, 0.4) is 0 Å². The van der Waals surface area contributed by atoms with Crippen LogP contribution < -0.4 is 15.5 Å². The highest BCUT2D eigenvalue weighted by atomic mass is 127. The number of para-hydroxylation sites is 1. The number of carbonyl (C=O) groups is 2. The van der Waals surface area contributed by atoms with Gasteiger partial charge in [0.2, 0.25) is 11.8 Å². The predicted octanol–water partition coefficient (Wildman–Crippen LogP) is 2.39. The van der Waals surface area contributed by atoms with Crippen LogP contribution in [0.1, 0.15) is 12.0 Å². The third kappa shape index (κ3) is 4.25. The molecule has 4 atom stereocenters. The second-order valence-electron chi connectivity index (χ2n) is 9.23. The second-order valence-corrected chi connectivity index (χ2v) is 9.23. The Hall–Kier alpha value is -2.69. The molecule has 2 bridgehead atoms. The SMILES string of the molecule is CN=C(NCCN1C(=O)C2C3C=CC(C3)C2C1=O)NCc1cc(N(C)C)nc2ccccc12.I. The molecule has 1 aromatic heterocycles. The summed E-state index contributed by atoms with van der Waals surface area (Å²) in [5, 5.41) is 7.69. The molecule has 2 heterocycles. The largest absolute Gasteiger partial charge is 0.363 e. The van der Waals surface area contributed by atoms with E-state index < -0.39 is 0 Å². The first kappa shape index (κ1) is 24.4. The molecule has 2 amide bonds. The zero-order valence-electron chi connectivity index (χ0n) is 19.7. The lowest BCUT2D eigenvalue weighted by atomic mass is 9.85. The summed E-state index contributed by atoms with van der Waals surface area (Å²) in [5.74, 6) is 1.71. The van der Waals surface area contributed by atoms with Gasteiger partial charge in [-0.1, -0.05) is 30.4 Å². The Balaban J connectivity index is 0.00000274. The summed E-state index contributed by atoms with van der Waals surface area (Å²) in [6.07, 6.45) is 5.19. The molecule has 34 heavy (non-hydrogen) atoms. The third-order valence-electron chi connectivity index (χ3n) is 7.11. The summed E-state index contributed by atoms with van der Waals surface area (Å²) in [7, 11) is 5.67. The summed E-state index contributed by atoms with van der Waals surface area (Å²) >= 11 is 0. The van der Waals surface area contributed by atoms with Gasteiger partial charge < -0.3 is 15.5 Å². The summed E-state index contributed by atoms with van der Waals surface area (Å²) in [5.41, 5.74) is 2.07. The van der Waals surface area contributed by atoms with E-state index in [0.717, 1.165) is 28.7 Å². The van der Waals surface area contributed by atoms with E-state index in [1.165, 1.54) is 4.90 Å². The minimum Gasteiger partial charge on any atom is -0.363 e. The van der Waals surface area contributed by atoms with Gasteiger partial charge >= 0.3 is 0 Å². The fourth-order valence-electron chi connectivity index (χ4n) is 5.48. The number of aliphatic imine (C=N–C) groups is 1. The highest BCUT2D eigenvalue weighted by Crippen LogP contribution is 2.52. The molecule has 4 unspecified atom stereocenters. The normalized spacial score (nSPS) is 25.0. The van der Waals surface area contributed by atoms with Crippen molar-refractivity contribution in [2.75, 3.05) is 39.1 Å². The summed E-state index contributed by atoms with van der Waals surface area (Å²) < 4.78 is 0. The second kappa shape index (κ2) is 9.89. The highest BCUT2D eigenvalue weighted by Gasteiger charge is 2.58. The van der Waals surface area contributed by atoms with Crippen molar-refractivity contribution in [1.29, 1.82) is 0 Å². The number of anilines is 1. The van der Waals surface area contributed by atoms with Crippen LogP contribution in [-0.2, 0) is 16.1 Å². The summed E-state index contributed by atoms with van der Waals surface area (Å²) in [4.78, 5) is 38.1. The van der Waals surface area contributed by atoms with Crippen LogP contribution in [0.5, 0.6) is 0 Å².